The van der Waals surface area contributed by atoms with Gasteiger partial charge in [-0.1, -0.05) is 0 Å². The van der Waals surface area contributed by atoms with Crippen molar-refractivity contribution in [2.75, 3.05) is 24.3 Å². The van der Waals surface area contributed by atoms with Gasteiger partial charge in [0, 0.05) is 24.3 Å². The number of anilines is 2. The van der Waals surface area contributed by atoms with Crippen LogP contribution in [-0.2, 0) is 0 Å². The van der Waals surface area contributed by atoms with E-state index in [4.69, 9.17) is 15.7 Å². The van der Waals surface area contributed by atoms with Crippen molar-refractivity contribution < 1.29 is 4.74 Å². The standard InChI is InChI=1S/C13H17N3O/c1-17-13-9-11(5-6-12(13)15)16(8-2-7-14)10-3-4-10/h5-6,9-10H,2-4,8,15H2,1H3. The highest BCUT2D eigenvalue weighted by molar-refractivity contribution is 5.63. The van der Waals surface area contributed by atoms with Gasteiger partial charge in [-0.05, 0) is 25.0 Å². The van der Waals surface area contributed by atoms with E-state index in [1.165, 1.54) is 12.8 Å². The van der Waals surface area contributed by atoms with Crippen LogP contribution in [0, 0.1) is 11.3 Å². The van der Waals surface area contributed by atoms with Gasteiger partial charge < -0.3 is 15.4 Å². The van der Waals surface area contributed by atoms with Crippen LogP contribution in [0.4, 0.5) is 11.4 Å². The lowest BCUT2D eigenvalue weighted by Gasteiger charge is -2.24. The monoisotopic (exact) mass is 231 g/mol. The molecule has 1 aliphatic carbocycles. The minimum absolute atomic E-state index is 0.545. The summed E-state index contributed by atoms with van der Waals surface area (Å²) < 4.78 is 5.22. The van der Waals surface area contributed by atoms with Crippen LogP contribution in [0.2, 0.25) is 0 Å². The zero-order valence-electron chi connectivity index (χ0n) is 10.0. The first kappa shape index (κ1) is 11.6. The Kier molecular flexibility index (Phi) is 3.38. The molecule has 0 aromatic heterocycles. The van der Waals surface area contributed by atoms with E-state index in [1.807, 2.05) is 18.2 Å². The second-order valence-electron chi connectivity index (χ2n) is 4.26. The fourth-order valence-electron chi connectivity index (χ4n) is 1.96. The number of nitrogens with zero attached hydrogens (tertiary/aromatic N) is 2. The maximum Gasteiger partial charge on any atom is 0.143 e. The van der Waals surface area contributed by atoms with Gasteiger partial charge in [0.25, 0.3) is 0 Å². The van der Waals surface area contributed by atoms with Crippen molar-refractivity contribution in [2.24, 2.45) is 0 Å². The number of nitrogens with two attached hydrogens (primary N) is 1. The number of methoxy groups -OCH3 is 1. The van der Waals surface area contributed by atoms with Gasteiger partial charge in [0.2, 0.25) is 0 Å². The fraction of sp³-hybridized carbons (Fsp3) is 0.462. The van der Waals surface area contributed by atoms with Gasteiger partial charge in [-0.3, -0.25) is 0 Å². The summed E-state index contributed by atoms with van der Waals surface area (Å²) in [6.07, 6.45) is 2.96. The Morgan fingerprint density at radius 3 is 2.88 bits per heavy atom. The van der Waals surface area contributed by atoms with Crippen molar-refractivity contribution in [2.45, 2.75) is 25.3 Å². The highest BCUT2D eigenvalue weighted by atomic mass is 16.5. The Balaban J connectivity index is 2.20. The molecule has 0 aliphatic heterocycles. The molecule has 1 saturated carbocycles. The van der Waals surface area contributed by atoms with Crippen LogP contribution in [0.5, 0.6) is 5.75 Å². The predicted octanol–water partition coefficient (Wildman–Crippen LogP) is 2.16. The quantitative estimate of drug-likeness (QED) is 0.789. The number of nitrogen functional groups attached to an aromatic ring is 1. The van der Waals surface area contributed by atoms with Crippen molar-refractivity contribution in [3.05, 3.63) is 18.2 Å². The zero-order chi connectivity index (χ0) is 12.3. The molecular weight excluding hydrogens is 214 g/mol. The zero-order valence-corrected chi connectivity index (χ0v) is 10.0. The Morgan fingerprint density at radius 2 is 2.29 bits per heavy atom. The van der Waals surface area contributed by atoms with Crippen LogP contribution in [0.3, 0.4) is 0 Å². The van der Waals surface area contributed by atoms with Crippen LogP contribution in [-0.4, -0.2) is 19.7 Å². The summed E-state index contributed by atoms with van der Waals surface area (Å²) >= 11 is 0. The lowest BCUT2D eigenvalue weighted by molar-refractivity contribution is 0.417. The van der Waals surface area contributed by atoms with Gasteiger partial charge in [-0.15, -0.1) is 0 Å². The Hall–Kier alpha value is -1.89. The molecule has 4 heteroatoms. The normalized spacial score (nSPS) is 14.1. The van der Waals surface area contributed by atoms with Gasteiger partial charge in [0.15, 0.2) is 0 Å². The molecular formula is C13H17N3O. The van der Waals surface area contributed by atoms with Crippen LogP contribution < -0.4 is 15.4 Å². The summed E-state index contributed by atoms with van der Waals surface area (Å²) in [6.45, 7) is 0.772. The molecule has 1 fully saturated rings. The molecule has 2 N–H and O–H groups in total. The molecule has 0 radical (unpaired) electrons. The average molecular weight is 231 g/mol. The fourth-order valence-corrected chi connectivity index (χ4v) is 1.96. The Labute approximate surface area is 102 Å². The van der Waals surface area contributed by atoms with Gasteiger partial charge in [0.05, 0.1) is 25.3 Å². The third-order valence-corrected chi connectivity index (χ3v) is 3.00. The van der Waals surface area contributed by atoms with Gasteiger partial charge >= 0.3 is 0 Å². The van der Waals surface area contributed by atoms with Crippen molar-refractivity contribution >= 4 is 11.4 Å². The van der Waals surface area contributed by atoms with E-state index in [9.17, 15) is 0 Å². The average Bonchev–Trinajstić information content (AvgIpc) is 3.16. The highest BCUT2D eigenvalue weighted by Crippen LogP contribution is 2.35. The molecule has 0 amide bonds. The van der Waals surface area contributed by atoms with Crippen LogP contribution in [0.15, 0.2) is 18.2 Å². The van der Waals surface area contributed by atoms with E-state index in [0.717, 1.165) is 12.2 Å². The SMILES string of the molecule is COc1cc(N(CCC#N)C2CC2)ccc1N. The first-order valence-electron chi connectivity index (χ1n) is 5.83. The molecule has 0 bridgehead atoms. The van der Waals surface area contributed by atoms with Crippen molar-refractivity contribution in [1.82, 2.24) is 0 Å². The lowest BCUT2D eigenvalue weighted by Crippen LogP contribution is -2.26. The van der Waals surface area contributed by atoms with Crippen LogP contribution in [0.1, 0.15) is 19.3 Å². The van der Waals surface area contributed by atoms with Crippen molar-refractivity contribution in [3.63, 3.8) is 0 Å². The molecule has 90 valence electrons. The van der Waals surface area contributed by atoms with Crippen molar-refractivity contribution in [3.8, 4) is 11.8 Å². The van der Waals surface area contributed by atoms with Crippen molar-refractivity contribution in [1.29, 1.82) is 5.26 Å². The molecule has 0 heterocycles. The topological polar surface area (TPSA) is 62.3 Å². The number of hydrogen-bond donors (Lipinski definition) is 1. The molecule has 0 saturated heterocycles. The minimum Gasteiger partial charge on any atom is -0.495 e. The number of ether oxygens (including phenoxy) is 1. The van der Waals surface area contributed by atoms with Crippen LogP contribution >= 0.6 is 0 Å². The third kappa shape index (κ3) is 2.62. The maximum absolute atomic E-state index is 8.69. The second kappa shape index (κ2) is 4.96. The van der Waals surface area contributed by atoms with E-state index in [-0.39, 0.29) is 0 Å². The molecule has 17 heavy (non-hydrogen) atoms. The molecule has 1 aromatic carbocycles. The molecule has 1 aliphatic rings. The van der Waals surface area contributed by atoms with E-state index >= 15 is 0 Å². The van der Waals surface area contributed by atoms with Crippen LogP contribution in [0.25, 0.3) is 0 Å². The Morgan fingerprint density at radius 1 is 1.53 bits per heavy atom. The first-order chi connectivity index (χ1) is 8.26. The molecule has 0 unspecified atom stereocenters. The largest absolute Gasteiger partial charge is 0.495 e. The van der Waals surface area contributed by atoms with E-state index in [1.54, 1.807) is 7.11 Å². The number of nitriles is 1. The Bertz CT molecular complexity index is 435. The predicted molar refractivity (Wildman–Crippen MR) is 68.0 cm³/mol. The smallest absolute Gasteiger partial charge is 0.143 e. The van der Waals surface area contributed by atoms with E-state index in [0.29, 0.717) is 23.9 Å². The highest BCUT2D eigenvalue weighted by Gasteiger charge is 2.29. The maximum atomic E-state index is 8.69. The third-order valence-electron chi connectivity index (χ3n) is 3.00. The number of hydrogen-bond acceptors (Lipinski definition) is 4. The first-order valence-corrected chi connectivity index (χ1v) is 5.83. The number of rotatable bonds is 5. The molecule has 4 nitrogen and oxygen atoms in total. The summed E-state index contributed by atoms with van der Waals surface area (Å²) in [6, 6.07) is 8.57. The minimum atomic E-state index is 0.545. The van der Waals surface area contributed by atoms with Gasteiger partial charge in [-0.25, -0.2) is 0 Å². The molecule has 0 atom stereocenters. The molecule has 0 spiro atoms. The van der Waals surface area contributed by atoms with Gasteiger partial charge in [0.1, 0.15) is 5.75 Å². The summed E-state index contributed by atoms with van der Waals surface area (Å²) in [4.78, 5) is 2.27. The van der Waals surface area contributed by atoms with Gasteiger partial charge in [-0.2, -0.15) is 5.26 Å². The van der Waals surface area contributed by atoms with E-state index < -0.39 is 0 Å². The summed E-state index contributed by atoms with van der Waals surface area (Å²) in [5.41, 5.74) is 7.53. The van der Waals surface area contributed by atoms with E-state index in [2.05, 4.69) is 11.0 Å². The number of benzene rings is 1. The second-order valence-corrected chi connectivity index (χ2v) is 4.26. The summed E-state index contributed by atoms with van der Waals surface area (Å²) in [5.74, 6) is 0.699. The molecule has 1 aromatic rings. The molecule has 2 rings (SSSR count). The lowest BCUT2D eigenvalue weighted by atomic mass is 10.2. The summed E-state index contributed by atoms with van der Waals surface area (Å²) in [5, 5.41) is 8.69. The summed E-state index contributed by atoms with van der Waals surface area (Å²) in [7, 11) is 1.62.